The smallest absolute Gasteiger partial charge is 0.383 e. The third kappa shape index (κ3) is 4.27. The molecule has 0 fully saturated rings. The Kier molecular flexibility index (Phi) is 5.82. The normalized spacial score (nSPS) is 12.6. The van der Waals surface area contributed by atoms with Crippen molar-refractivity contribution in [2.45, 2.75) is 26.1 Å². The first-order chi connectivity index (χ1) is 14.5. The molecule has 0 unspecified atom stereocenters. The summed E-state index contributed by atoms with van der Waals surface area (Å²) >= 11 is 0. The van der Waals surface area contributed by atoms with E-state index < -0.39 is 35.4 Å². The van der Waals surface area contributed by atoms with Gasteiger partial charge < -0.3 is 16.0 Å². The molecule has 0 spiro atoms. The quantitative estimate of drug-likeness (QED) is 0.427. The van der Waals surface area contributed by atoms with Gasteiger partial charge in [0.1, 0.15) is 11.6 Å². The van der Waals surface area contributed by atoms with Crippen molar-refractivity contribution in [1.82, 2.24) is 20.1 Å². The van der Waals surface area contributed by atoms with Gasteiger partial charge in [0, 0.05) is 12.1 Å². The number of nitrogen functional groups attached to an aromatic ring is 1. The molecule has 0 aliphatic rings. The molecule has 2 amide bonds. The molecule has 0 radical (unpaired) electrons. The fourth-order valence-corrected chi connectivity index (χ4v) is 3.16. The van der Waals surface area contributed by atoms with Gasteiger partial charge >= 0.3 is 18.0 Å². The molecule has 0 bridgehead atoms. The molecule has 2 aromatic heterocycles. The Morgan fingerprint density at radius 1 is 1.29 bits per heavy atom. The minimum atomic E-state index is -4.70. The minimum absolute atomic E-state index is 0.00728. The average molecular weight is 438 g/mol. The summed E-state index contributed by atoms with van der Waals surface area (Å²) in [7, 11) is 0. The molecule has 164 valence electrons. The highest BCUT2D eigenvalue weighted by Crippen LogP contribution is 2.32. The molecule has 4 N–H and O–H groups in total. The van der Waals surface area contributed by atoms with Crippen LogP contribution in [0.1, 0.15) is 31.0 Å². The SMILES string of the molecule is CCN(C(=O)C(=O)Nc1cnc(N)c2cn[nH]c12)[C@H](C)c1ccc(C(F)(F)F)cc1F. The summed E-state index contributed by atoms with van der Waals surface area (Å²) in [6, 6.07) is 1.04. The number of rotatable bonds is 4. The van der Waals surface area contributed by atoms with Gasteiger partial charge in [-0.1, -0.05) is 6.07 Å². The maximum atomic E-state index is 14.3. The highest BCUT2D eigenvalue weighted by atomic mass is 19.4. The number of aromatic nitrogens is 3. The summed E-state index contributed by atoms with van der Waals surface area (Å²) in [5, 5.41) is 9.30. The summed E-state index contributed by atoms with van der Waals surface area (Å²) in [4.78, 5) is 30.2. The van der Waals surface area contributed by atoms with Crippen molar-refractivity contribution in [1.29, 1.82) is 0 Å². The third-order valence-corrected chi connectivity index (χ3v) is 4.81. The first-order valence-electron chi connectivity index (χ1n) is 9.10. The number of carbonyl (C=O) groups is 2. The fourth-order valence-electron chi connectivity index (χ4n) is 3.16. The fraction of sp³-hybridized carbons (Fsp3) is 0.263. The Morgan fingerprint density at radius 2 is 2.00 bits per heavy atom. The molecule has 0 saturated heterocycles. The van der Waals surface area contributed by atoms with Crippen LogP contribution in [0.4, 0.5) is 29.1 Å². The summed E-state index contributed by atoms with van der Waals surface area (Å²) < 4.78 is 52.7. The molecular formula is C19H18F4N6O2. The molecule has 0 aliphatic carbocycles. The van der Waals surface area contributed by atoms with E-state index in [1.807, 2.05) is 0 Å². The van der Waals surface area contributed by atoms with Gasteiger partial charge in [0.25, 0.3) is 0 Å². The first kappa shape index (κ1) is 22.0. The lowest BCUT2D eigenvalue weighted by atomic mass is 10.0. The number of H-pyrrole nitrogens is 1. The summed E-state index contributed by atoms with van der Waals surface area (Å²) in [5.41, 5.74) is 4.94. The number of amides is 2. The van der Waals surface area contributed by atoms with E-state index in [2.05, 4.69) is 20.5 Å². The van der Waals surface area contributed by atoms with Crippen LogP contribution >= 0.6 is 0 Å². The Labute approximate surface area is 173 Å². The largest absolute Gasteiger partial charge is 0.416 e. The van der Waals surface area contributed by atoms with Crippen LogP contribution in [-0.2, 0) is 15.8 Å². The third-order valence-electron chi connectivity index (χ3n) is 4.81. The Bertz CT molecular complexity index is 1140. The van der Waals surface area contributed by atoms with Crippen molar-refractivity contribution >= 4 is 34.2 Å². The van der Waals surface area contributed by atoms with Gasteiger partial charge in [0.05, 0.1) is 40.6 Å². The number of nitrogens with zero attached hydrogens (tertiary/aromatic N) is 3. The number of aromatic amines is 1. The number of hydrogen-bond donors (Lipinski definition) is 3. The van der Waals surface area contributed by atoms with E-state index in [4.69, 9.17) is 5.73 Å². The second kappa shape index (κ2) is 8.20. The zero-order valence-corrected chi connectivity index (χ0v) is 16.4. The second-order valence-electron chi connectivity index (χ2n) is 6.67. The van der Waals surface area contributed by atoms with Gasteiger partial charge in [0.2, 0.25) is 0 Å². The molecule has 31 heavy (non-hydrogen) atoms. The van der Waals surface area contributed by atoms with Gasteiger partial charge in [-0.2, -0.15) is 18.3 Å². The molecule has 0 saturated carbocycles. The Hall–Kier alpha value is -3.70. The molecule has 3 aromatic rings. The number of anilines is 2. The lowest BCUT2D eigenvalue weighted by Crippen LogP contribution is -2.41. The number of fused-ring (bicyclic) bond motifs is 1. The van der Waals surface area contributed by atoms with E-state index in [1.54, 1.807) is 6.92 Å². The molecule has 8 nitrogen and oxygen atoms in total. The Morgan fingerprint density at radius 3 is 2.61 bits per heavy atom. The zero-order valence-electron chi connectivity index (χ0n) is 16.4. The van der Waals surface area contributed by atoms with E-state index in [-0.39, 0.29) is 23.6 Å². The lowest BCUT2D eigenvalue weighted by Gasteiger charge is -2.28. The van der Waals surface area contributed by atoms with Crippen LogP contribution in [-0.4, -0.2) is 38.4 Å². The van der Waals surface area contributed by atoms with Crippen LogP contribution in [0.3, 0.4) is 0 Å². The van der Waals surface area contributed by atoms with Crippen LogP contribution in [0.5, 0.6) is 0 Å². The van der Waals surface area contributed by atoms with Crippen molar-refractivity contribution in [3.05, 3.63) is 47.5 Å². The number of pyridine rings is 1. The number of alkyl halides is 3. The maximum absolute atomic E-state index is 14.3. The summed E-state index contributed by atoms with van der Waals surface area (Å²) in [5.74, 6) is -2.99. The number of benzene rings is 1. The molecule has 12 heteroatoms. The van der Waals surface area contributed by atoms with Gasteiger partial charge in [-0.05, 0) is 26.0 Å². The van der Waals surface area contributed by atoms with Crippen LogP contribution in [0.2, 0.25) is 0 Å². The topological polar surface area (TPSA) is 117 Å². The molecule has 0 aliphatic heterocycles. The van der Waals surface area contributed by atoms with E-state index >= 15 is 0 Å². The lowest BCUT2D eigenvalue weighted by molar-refractivity contribution is -0.144. The number of nitrogens with two attached hydrogens (primary N) is 1. The van der Waals surface area contributed by atoms with Gasteiger partial charge in [-0.25, -0.2) is 9.37 Å². The van der Waals surface area contributed by atoms with Gasteiger partial charge in [-0.3, -0.25) is 14.7 Å². The maximum Gasteiger partial charge on any atom is 0.416 e. The predicted octanol–water partition coefficient (Wildman–Crippen LogP) is 3.25. The van der Waals surface area contributed by atoms with Crippen LogP contribution in [0.15, 0.2) is 30.6 Å². The predicted molar refractivity (Wildman–Crippen MR) is 104 cm³/mol. The van der Waals surface area contributed by atoms with Crippen LogP contribution in [0.25, 0.3) is 10.9 Å². The van der Waals surface area contributed by atoms with E-state index in [1.165, 1.54) is 19.3 Å². The summed E-state index contributed by atoms with van der Waals surface area (Å²) in [6.07, 6.45) is -2.05. The molecule has 1 atom stereocenters. The molecular weight excluding hydrogens is 420 g/mol. The van der Waals surface area contributed by atoms with Crippen LogP contribution in [0, 0.1) is 5.82 Å². The number of nitrogens with one attached hydrogen (secondary N) is 2. The Balaban J connectivity index is 1.83. The second-order valence-corrected chi connectivity index (χ2v) is 6.67. The zero-order chi connectivity index (χ0) is 22.9. The number of likely N-dealkylation sites (N-methyl/N-ethyl adjacent to an activating group) is 1. The van der Waals surface area contributed by atoms with E-state index in [0.29, 0.717) is 17.0 Å². The first-order valence-corrected chi connectivity index (χ1v) is 9.10. The van der Waals surface area contributed by atoms with Gasteiger partial charge in [-0.15, -0.1) is 0 Å². The molecule has 2 heterocycles. The molecule has 3 rings (SSSR count). The minimum Gasteiger partial charge on any atom is -0.383 e. The molecule has 1 aromatic carbocycles. The number of hydrogen-bond acceptors (Lipinski definition) is 5. The van der Waals surface area contributed by atoms with Crippen LogP contribution < -0.4 is 11.1 Å². The van der Waals surface area contributed by atoms with Gasteiger partial charge in [0.15, 0.2) is 0 Å². The van der Waals surface area contributed by atoms with Crippen molar-refractivity contribution < 1.29 is 27.2 Å². The number of halogens is 4. The van der Waals surface area contributed by atoms with Crippen molar-refractivity contribution in [3.63, 3.8) is 0 Å². The standard InChI is InChI=1S/C19H18F4N6O2/c1-3-29(9(2)11-5-4-10(6-13(11)20)19(21,22)23)18(31)17(30)27-14-8-25-16(24)12-7-26-28-15(12)14/h4-9H,3H2,1-2H3,(H2,24,25)(H,26,28)(H,27,30)/t9-/m1/s1. The van der Waals surface area contributed by atoms with Crippen molar-refractivity contribution in [2.75, 3.05) is 17.6 Å². The monoisotopic (exact) mass is 438 g/mol. The highest BCUT2D eigenvalue weighted by Gasteiger charge is 2.33. The number of carbonyl (C=O) groups excluding carboxylic acids is 2. The van der Waals surface area contributed by atoms with Crippen molar-refractivity contribution in [3.8, 4) is 0 Å². The summed E-state index contributed by atoms with van der Waals surface area (Å²) in [6.45, 7) is 2.98. The van der Waals surface area contributed by atoms with E-state index in [0.717, 1.165) is 17.0 Å². The van der Waals surface area contributed by atoms with E-state index in [9.17, 15) is 27.2 Å². The van der Waals surface area contributed by atoms with Crippen molar-refractivity contribution in [2.24, 2.45) is 0 Å². The average Bonchev–Trinajstić information content (AvgIpc) is 3.20. The highest BCUT2D eigenvalue weighted by molar-refractivity contribution is 6.40.